The fraction of sp³-hybridized carbons (Fsp3) is 0.167. The first-order chi connectivity index (χ1) is 8.20. The summed E-state index contributed by atoms with van der Waals surface area (Å²) in [5, 5.41) is 8.77. The van der Waals surface area contributed by atoms with Crippen LogP contribution in [-0.4, -0.2) is 28.2 Å². The molecular weight excluding hydrogens is 220 g/mol. The van der Waals surface area contributed by atoms with Crippen LogP contribution < -0.4 is 4.74 Å². The molecular formula is C12H12N2O3. The Balaban J connectivity index is 2.22. The van der Waals surface area contributed by atoms with E-state index in [2.05, 4.69) is 9.97 Å². The molecule has 0 saturated carbocycles. The van der Waals surface area contributed by atoms with Gasteiger partial charge in [0.25, 0.3) is 0 Å². The Morgan fingerprint density at radius 1 is 1.47 bits per heavy atom. The van der Waals surface area contributed by atoms with Gasteiger partial charge >= 0.3 is 5.97 Å². The lowest BCUT2D eigenvalue weighted by Crippen LogP contribution is -1.98. The molecule has 0 amide bonds. The number of aromatic carboxylic acids is 1. The molecule has 5 nitrogen and oxygen atoms in total. The first-order valence-electron chi connectivity index (χ1n) is 5.10. The van der Waals surface area contributed by atoms with Gasteiger partial charge < -0.3 is 14.8 Å². The number of aromatic nitrogens is 2. The number of imidazole rings is 1. The Kier molecular flexibility index (Phi) is 3.09. The second-order valence-corrected chi connectivity index (χ2v) is 3.54. The van der Waals surface area contributed by atoms with Crippen molar-refractivity contribution in [2.24, 2.45) is 0 Å². The van der Waals surface area contributed by atoms with Crippen molar-refractivity contribution in [2.75, 3.05) is 7.11 Å². The number of H-pyrrole nitrogens is 1. The molecule has 17 heavy (non-hydrogen) atoms. The minimum absolute atomic E-state index is 0.0925. The van der Waals surface area contributed by atoms with Crippen LogP contribution in [0.1, 0.15) is 21.9 Å². The molecule has 0 bridgehead atoms. The van der Waals surface area contributed by atoms with Crippen molar-refractivity contribution in [1.29, 1.82) is 0 Å². The van der Waals surface area contributed by atoms with Crippen molar-refractivity contribution in [3.8, 4) is 5.75 Å². The molecule has 0 aliphatic carbocycles. The summed E-state index contributed by atoms with van der Waals surface area (Å²) in [4.78, 5) is 17.5. The Morgan fingerprint density at radius 2 is 2.24 bits per heavy atom. The number of para-hydroxylation sites is 1. The zero-order valence-corrected chi connectivity index (χ0v) is 9.30. The number of benzene rings is 1. The number of carbonyl (C=O) groups is 1. The summed E-state index contributed by atoms with van der Waals surface area (Å²) in [5.41, 5.74) is 1.05. The summed E-state index contributed by atoms with van der Waals surface area (Å²) in [7, 11) is 1.60. The molecule has 0 unspecified atom stereocenters. The number of rotatable bonds is 4. The number of nitrogens with zero attached hydrogens (tertiary/aromatic N) is 1. The van der Waals surface area contributed by atoms with Gasteiger partial charge in [0, 0.05) is 12.0 Å². The summed E-state index contributed by atoms with van der Waals surface area (Å²) in [6.07, 6.45) is 1.82. The van der Waals surface area contributed by atoms with E-state index in [4.69, 9.17) is 9.84 Å². The van der Waals surface area contributed by atoms with Crippen molar-refractivity contribution in [3.63, 3.8) is 0 Å². The largest absolute Gasteiger partial charge is 0.496 e. The van der Waals surface area contributed by atoms with Crippen LogP contribution in [0.2, 0.25) is 0 Å². The third kappa shape index (κ3) is 2.44. The quantitative estimate of drug-likeness (QED) is 0.841. The van der Waals surface area contributed by atoms with Crippen LogP contribution in [0.4, 0.5) is 0 Å². The minimum atomic E-state index is -1.01. The van der Waals surface area contributed by atoms with Gasteiger partial charge in [-0.15, -0.1) is 0 Å². The van der Waals surface area contributed by atoms with Crippen LogP contribution in [0.25, 0.3) is 0 Å². The van der Waals surface area contributed by atoms with E-state index in [0.29, 0.717) is 12.2 Å². The first kappa shape index (κ1) is 11.2. The van der Waals surface area contributed by atoms with Crippen LogP contribution in [-0.2, 0) is 6.42 Å². The van der Waals surface area contributed by atoms with Gasteiger partial charge in [-0.25, -0.2) is 9.78 Å². The average molecular weight is 232 g/mol. The zero-order valence-electron chi connectivity index (χ0n) is 9.30. The molecule has 0 saturated heterocycles. The summed E-state index contributed by atoms with van der Waals surface area (Å²) < 4.78 is 5.21. The van der Waals surface area contributed by atoms with Crippen molar-refractivity contribution in [2.45, 2.75) is 6.42 Å². The lowest BCUT2D eigenvalue weighted by atomic mass is 10.1. The van der Waals surface area contributed by atoms with Gasteiger partial charge in [-0.05, 0) is 6.07 Å². The van der Waals surface area contributed by atoms with E-state index < -0.39 is 5.97 Å². The Labute approximate surface area is 98.1 Å². The van der Waals surface area contributed by atoms with Gasteiger partial charge in [-0.2, -0.15) is 0 Å². The first-order valence-corrected chi connectivity index (χ1v) is 5.10. The topological polar surface area (TPSA) is 75.2 Å². The average Bonchev–Trinajstić information content (AvgIpc) is 2.78. The Bertz CT molecular complexity index is 534. The van der Waals surface area contributed by atoms with Gasteiger partial charge in [0.15, 0.2) is 0 Å². The maximum atomic E-state index is 10.7. The van der Waals surface area contributed by atoms with E-state index in [1.54, 1.807) is 7.11 Å². The highest BCUT2D eigenvalue weighted by atomic mass is 16.5. The fourth-order valence-electron chi connectivity index (χ4n) is 1.59. The molecule has 1 aromatic carbocycles. The second kappa shape index (κ2) is 4.69. The molecule has 88 valence electrons. The molecule has 1 heterocycles. The fourth-order valence-corrected chi connectivity index (χ4v) is 1.59. The van der Waals surface area contributed by atoms with Crippen molar-refractivity contribution >= 4 is 5.97 Å². The maximum Gasteiger partial charge on any atom is 0.353 e. The smallest absolute Gasteiger partial charge is 0.353 e. The summed E-state index contributed by atoms with van der Waals surface area (Å²) >= 11 is 0. The highest BCUT2D eigenvalue weighted by Crippen LogP contribution is 2.19. The number of hydrogen-bond donors (Lipinski definition) is 2. The number of carboxylic acid groups (broad SMARTS) is 1. The predicted octanol–water partition coefficient (Wildman–Crippen LogP) is 1.71. The van der Waals surface area contributed by atoms with Crippen LogP contribution in [0.3, 0.4) is 0 Å². The molecule has 2 rings (SSSR count). The Hall–Kier alpha value is -2.30. The van der Waals surface area contributed by atoms with Crippen molar-refractivity contribution < 1.29 is 14.6 Å². The van der Waals surface area contributed by atoms with Gasteiger partial charge in [0.1, 0.15) is 17.3 Å². The molecule has 0 spiro atoms. The molecule has 0 fully saturated rings. The third-order valence-corrected chi connectivity index (χ3v) is 2.41. The number of aromatic amines is 1. The summed E-state index contributed by atoms with van der Waals surface area (Å²) in [6, 6.07) is 7.56. The van der Waals surface area contributed by atoms with Gasteiger partial charge in [-0.1, -0.05) is 18.2 Å². The molecule has 2 N–H and O–H groups in total. The van der Waals surface area contributed by atoms with Crippen molar-refractivity contribution in [1.82, 2.24) is 9.97 Å². The van der Waals surface area contributed by atoms with E-state index in [0.717, 1.165) is 11.3 Å². The summed E-state index contributed by atoms with van der Waals surface area (Å²) in [6.45, 7) is 0. The molecule has 0 radical (unpaired) electrons. The standard InChI is InChI=1S/C12H12N2O3/c1-17-10-5-3-2-4-8(10)6-11-13-7-9(14-11)12(15)16/h2-5,7H,6H2,1H3,(H,13,14)(H,15,16). The van der Waals surface area contributed by atoms with E-state index in [1.165, 1.54) is 6.20 Å². The number of nitrogens with one attached hydrogen (secondary N) is 1. The van der Waals surface area contributed by atoms with Gasteiger partial charge in [-0.3, -0.25) is 0 Å². The number of ether oxygens (including phenoxy) is 1. The molecule has 0 atom stereocenters. The molecule has 5 heteroatoms. The maximum absolute atomic E-state index is 10.7. The van der Waals surface area contributed by atoms with E-state index in [-0.39, 0.29) is 5.69 Å². The van der Waals surface area contributed by atoms with E-state index in [1.807, 2.05) is 24.3 Å². The highest BCUT2D eigenvalue weighted by molar-refractivity contribution is 5.85. The van der Waals surface area contributed by atoms with E-state index >= 15 is 0 Å². The normalized spacial score (nSPS) is 10.2. The molecule has 0 aliphatic rings. The van der Waals surface area contributed by atoms with Crippen LogP contribution in [0.15, 0.2) is 30.5 Å². The van der Waals surface area contributed by atoms with Crippen LogP contribution in [0, 0.1) is 0 Å². The lowest BCUT2D eigenvalue weighted by Gasteiger charge is -2.05. The SMILES string of the molecule is COc1ccccc1Cc1ncc(C(=O)O)[nH]1. The van der Waals surface area contributed by atoms with Crippen molar-refractivity contribution in [3.05, 3.63) is 47.5 Å². The van der Waals surface area contributed by atoms with Gasteiger partial charge in [0.05, 0.1) is 13.3 Å². The molecule has 0 aliphatic heterocycles. The summed E-state index contributed by atoms with van der Waals surface area (Å²) in [5.74, 6) is 0.358. The minimum Gasteiger partial charge on any atom is -0.496 e. The van der Waals surface area contributed by atoms with E-state index in [9.17, 15) is 4.79 Å². The monoisotopic (exact) mass is 232 g/mol. The lowest BCUT2D eigenvalue weighted by molar-refractivity contribution is 0.0691. The molecule has 1 aromatic heterocycles. The number of carboxylic acids is 1. The highest BCUT2D eigenvalue weighted by Gasteiger charge is 2.09. The second-order valence-electron chi connectivity index (χ2n) is 3.54. The third-order valence-electron chi connectivity index (χ3n) is 2.41. The zero-order chi connectivity index (χ0) is 12.3. The van der Waals surface area contributed by atoms with Crippen LogP contribution in [0.5, 0.6) is 5.75 Å². The Morgan fingerprint density at radius 3 is 2.88 bits per heavy atom. The van der Waals surface area contributed by atoms with Gasteiger partial charge in [0.2, 0.25) is 0 Å². The molecule has 2 aromatic rings. The van der Waals surface area contributed by atoms with Crippen LogP contribution >= 0.6 is 0 Å². The predicted molar refractivity (Wildman–Crippen MR) is 61.3 cm³/mol. The number of methoxy groups -OCH3 is 1. The number of hydrogen-bond acceptors (Lipinski definition) is 3.